The molecular weight excluding hydrogens is 216 g/mol. The second-order valence-electron chi connectivity index (χ2n) is 4.59. The fourth-order valence-electron chi connectivity index (χ4n) is 2.54. The number of nitrogen functional groups attached to an aromatic ring is 1. The number of aromatic carboxylic acids is 1. The maximum Gasteiger partial charge on any atom is 0.337 e. The van der Waals surface area contributed by atoms with Gasteiger partial charge in [0.05, 0.1) is 16.9 Å². The highest BCUT2D eigenvalue weighted by atomic mass is 16.4. The zero-order chi connectivity index (χ0) is 12.4. The molecule has 1 fully saturated rings. The van der Waals surface area contributed by atoms with E-state index in [1.165, 1.54) is 12.8 Å². The molecule has 0 atom stereocenters. The van der Waals surface area contributed by atoms with E-state index in [1.54, 1.807) is 12.1 Å². The monoisotopic (exact) mass is 234 g/mol. The highest BCUT2D eigenvalue weighted by Gasteiger charge is 2.22. The van der Waals surface area contributed by atoms with Gasteiger partial charge in [-0.25, -0.2) is 4.79 Å². The third-order valence-electron chi connectivity index (χ3n) is 3.57. The van der Waals surface area contributed by atoms with Gasteiger partial charge < -0.3 is 15.7 Å². The van der Waals surface area contributed by atoms with Crippen LogP contribution >= 0.6 is 0 Å². The second-order valence-corrected chi connectivity index (χ2v) is 4.59. The summed E-state index contributed by atoms with van der Waals surface area (Å²) in [6.45, 7) is 0. The number of nitrogens with zero attached hydrogens (tertiary/aromatic N) is 1. The summed E-state index contributed by atoms with van der Waals surface area (Å²) in [5, 5.41) is 9.04. The van der Waals surface area contributed by atoms with Gasteiger partial charge in [0.15, 0.2) is 0 Å². The van der Waals surface area contributed by atoms with E-state index in [0.29, 0.717) is 11.7 Å². The minimum Gasteiger partial charge on any atom is -0.478 e. The van der Waals surface area contributed by atoms with E-state index in [9.17, 15) is 4.79 Å². The number of nitrogens with two attached hydrogens (primary N) is 1. The molecule has 2 rings (SSSR count). The molecule has 1 aliphatic carbocycles. The normalized spacial score (nSPS) is 16.1. The highest BCUT2D eigenvalue weighted by Crippen LogP contribution is 2.32. The first-order valence-corrected chi connectivity index (χ1v) is 5.96. The van der Waals surface area contributed by atoms with Crippen LogP contribution in [0, 0.1) is 0 Å². The van der Waals surface area contributed by atoms with Crippen molar-refractivity contribution in [3.8, 4) is 0 Å². The molecule has 17 heavy (non-hydrogen) atoms. The van der Waals surface area contributed by atoms with Gasteiger partial charge in [-0.2, -0.15) is 0 Å². The Hall–Kier alpha value is -1.71. The summed E-state index contributed by atoms with van der Waals surface area (Å²) in [7, 11) is 1.99. The Morgan fingerprint density at radius 2 is 2.06 bits per heavy atom. The predicted octanol–water partition coefficient (Wildman–Crippen LogP) is 2.35. The number of carboxylic acids is 1. The van der Waals surface area contributed by atoms with E-state index in [-0.39, 0.29) is 5.56 Å². The molecule has 1 aliphatic rings. The molecule has 1 saturated carbocycles. The number of anilines is 2. The number of benzene rings is 1. The summed E-state index contributed by atoms with van der Waals surface area (Å²) in [6, 6.07) is 5.67. The van der Waals surface area contributed by atoms with Gasteiger partial charge in [0.25, 0.3) is 0 Å². The van der Waals surface area contributed by atoms with Gasteiger partial charge in [-0.05, 0) is 25.0 Å². The molecule has 4 nitrogen and oxygen atoms in total. The SMILES string of the molecule is CN(c1cccc(C(=O)O)c1N)C1CCCC1. The van der Waals surface area contributed by atoms with Gasteiger partial charge in [0.2, 0.25) is 0 Å². The first-order chi connectivity index (χ1) is 8.11. The number of hydrogen-bond donors (Lipinski definition) is 2. The Balaban J connectivity index is 2.31. The molecule has 0 amide bonds. The molecule has 4 heteroatoms. The summed E-state index contributed by atoms with van der Waals surface area (Å²) in [5.74, 6) is -0.968. The fraction of sp³-hybridized carbons (Fsp3) is 0.462. The van der Waals surface area contributed by atoms with Crippen LogP contribution in [-0.2, 0) is 0 Å². The van der Waals surface area contributed by atoms with Gasteiger partial charge in [-0.3, -0.25) is 0 Å². The number of hydrogen-bond acceptors (Lipinski definition) is 3. The third kappa shape index (κ3) is 2.20. The van der Waals surface area contributed by atoms with Crippen molar-refractivity contribution in [3.63, 3.8) is 0 Å². The Labute approximate surface area is 101 Å². The van der Waals surface area contributed by atoms with Crippen molar-refractivity contribution in [2.24, 2.45) is 0 Å². The molecule has 0 bridgehead atoms. The van der Waals surface area contributed by atoms with Crippen LogP contribution in [0.2, 0.25) is 0 Å². The molecule has 0 heterocycles. The molecule has 92 valence electrons. The summed E-state index contributed by atoms with van der Waals surface area (Å²) in [5.41, 5.74) is 7.32. The van der Waals surface area contributed by atoms with Crippen molar-refractivity contribution in [1.82, 2.24) is 0 Å². The first-order valence-electron chi connectivity index (χ1n) is 5.96. The van der Waals surface area contributed by atoms with Gasteiger partial charge in [0.1, 0.15) is 0 Å². The van der Waals surface area contributed by atoms with E-state index < -0.39 is 5.97 Å². The smallest absolute Gasteiger partial charge is 0.337 e. The lowest BCUT2D eigenvalue weighted by molar-refractivity contribution is 0.0698. The van der Waals surface area contributed by atoms with Crippen LogP contribution in [0.1, 0.15) is 36.0 Å². The molecule has 0 saturated heterocycles. The summed E-state index contributed by atoms with van der Waals surface area (Å²) in [4.78, 5) is 13.1. The largest absolute Gasteiger partial charge is 0.478 e. The summed E-state index contributed by atoms with van der Waals surface area (Å²) < 4.78 is 0. The zero-order valence-corrected chi connectivity index (χ0v) is 10.0. The van der Waals surface area contributed by atoms with Crippen LogP contribution in [-0.4, -0.2) is 24.2 Å². The number of carboxylic acid groups (broad SMARTS) is 1. The van der Waals surface area contributed by atoms with E-state index in [0.717, 1.165) is 18.5 Å². The van der Waals surface area contributed by atoms with Gasteiger partial charge in [0, 0.05) is 13.1 Å². The van der Waals surface area contributed by atoms with Gasteiger partial charge in [-0.15, -0.1) is 0 Å². The molecule has 0 unspecified atom stereocenters. The molecule has 3 N–H and O–H groups in total. The number of carbonyl (C=O) groups is 1. The van der Waals surface area contributed by atoms with Crippen LogP contribution in [0.3, 0.4) is 0 Å². The Morgan fingerprint density at radius 1 is 1.41 bits per heavy atom. The minimum atomic E-state index is -0.968. The van der Waals surface area contributed by atoms with Gasteiger partial charge >= 0.3 is 5.97 Å². The molecular formula is C13H18N2O2. The quantitative estimate of drug-likeness (QED) is 0.788. The van der Waals surface area contributed by atoms with Crippen molar-refractivity contribution in [1.29, 1.82) is 0 Å². The fourth-order valence-corrected chi connectivity index (χ4v) is 2.54. The molecule has 0 spiro atoms. The lowest BCUT2D eigenvalue weighted by atomic mass is 10.1. The molecule has 0 aliphatic heterocycles. The van der Waals surface area contributed by atoms with Crippen LogP contribution in [0.4, 0.5) is 11.4 Å². The van der Waals surface area contributed by atoms with Crippen LogP contribution in [0.25, 0.3) is 0 Å². The lowest BCUT2D eigenvalue weighted by Gasteiger charge is -2.28. The van der Waals surface area contributed by atoms with E-state index in [2.05, 4.69) is 4.90 Å². The zero-order valence-electron chi connectivity index (χ0n) is 10.0. The van der Waals surface area contributed by atoms with Crippen LogP contribution in [0.15, 0.2) is 18.2 Å². The molecule has 1 aromatic rings. The maximum absolute atomic E-state index is 11.0. The van der Waals surface area contributed by atoms with Crippen molar-refractivity contribution in [3.05, 3.63) is 23.8 Å². The average molecular weight is 234 g/mol. The number of para-hydroxylation sites is 1. The maximum atomic E-state index is 11.0. The van der Waals surface area contributed by atoms with Crippen molar-refractivity contribution < 1.29 is 9.90 Å². The average Bonchev–Trinajstić information content (AvgIpc) is 2.81. The Morgan fingerprint density at radius 3 is 2.65 bits per heavy atom. The molecule has 1 aromatic carbocycles. The van der Waals surface area contributed by atoms with E-state index >= 15 is 0 Å². The Kier molecular flexibility index (Phi) is 3.22. The minimum absolute atomic E-state index is 0.187. The van der Waals surface area contributed by atoms with Crippen LogP contribution in [0.5, 0.6) is 0 Å². The topological polar surface area (TPSA) is 66.6 Å². The van der Waals surface area contributed by atoms with Crippen LogP contribution < -0.4 is 10.6 Å². The number of rotatable bonds is 3. The van der Waals surface area contributed by atoms with Crippen molar-refractivity contribution >= 4 is 17.3 Å². The lowest BCUT2D eigenvalue weighted by Crippen LogP contribution is -2.29. The van der Waals surface area contributed by atoms with Crippen molar-refractivity contribution in [2.45, 2.75) is 31.7 Å². The Bertz CT molecular complexity index is 425. The first kappa shape index (κ1) is 11.8. The van der Waals surface area contributed by atoms with Crippen molar-refractivity contribution in [2.75, 3.05) is 17.7 Å². The third-order valence-corrected chi connectivity index (χ3v) is 3.57. The van der Waals surface area contributed by atoms with Gasteiger partial charge in [-0.1, -0.05) is 18.9 Å². The predicted molar refractivity (Wildman–Crippen MR) is 68.5 cm³/mol. The van der Waals surface area contributed by atoms with E-state index in [4.69, 9.17) is 10.8 Å². The second kappa shape index (κ2) is 4.65. The van der Waals surface area contributed by atoms with E-state index in [1.807, 2.05) is 13.1 Å². The highest BCUT2D eigenvalue weighted by molar-refractivity contribution is 5.97. The molecule has 0 aromatic heterocycles. The molecule has 0 radical (unpaired) electrons. The summed E-state index contributed by atoms with van der Waals surface area (Å²) >= 11 is 0. The standard InChI is InChI=1S/C13H18N2O2/c1-15(9-5-2-3-6-9)11-8-4-7-10(12(11)14)13(16)17/h4,7-9H,2-3,5-6,14H2,1H3,(H,16,17). The summed E-state index contributed by atoms with van der Waals surface area (Å²) in [6.07, 6.45) is 4.81.